The lowest BCUT2D eigenvalue weighted by atomic mass is 10.0. The van der Waals surface area contributed by atoms with Crippen LogP contribution in [0.1, 0.15) is 0 Å². The third-order valence-corrected chi connectivity index (χ3v) is 1.62. The Morgan fingerprint density at radius 2 is 2.00 bits per heavy atom. The van der Waals surface area contributed by atoms with Crippen LogP contribution in [0.15, 0.2) is 12.4 Å². The number of aromatic nitrogens is 2. The van der Waals surface area contributed by atoms with Crippen molar-refractivity contribution in [3.05, 3.63) is 12.4 Å². The van der Waals surface area contributed by atoms with Crippen molar-refractivity contribution in [1.29, 1.82) is 0 Å². The normalized spacial score (nSPS) is 10.4. The summed E-state index contributed by atoms with van der Waals surface area (Å²) in [7, 11) is 6.05. The molecule has 0 aliphatic heterocycles. The summed E-state index contributed by atoms with van der Waals surface area (Å²) in [6, 6.07) is 0. The van der Waals surface area contributed by atoms with Crippen LogP contribution in [-0.2, 0) is 0 Å². The average Bonchev–Trinajstić information content (AvgIpc) is 2.08. The van der Waals surface area contributed by atoms with E-state index in [1.54, 1.807) is 0 Å². The van der Waals surface area contributed by atoms with E-state index in [9.17, 15) is 0 Å². The Kier molecular flexibility index (Phi) is 3.70. The summed E-state index contributed by atoms with van der Waals surface area (Å²) in [5, 5.41) is 3.14. The van der Waals surface area contributed by atoms with Crippen LogP contribution >= 0.6 is 0 Å². The van der Waals surface area contributed by atoms with Gasteiger partial charge in [-0.05, 0) is 14.1 Å². The predicted octanol–water partition coefficient (Wildman–Crippen LogP) is -1.29. The number of hydrogen-bond donors (Lipinski definition) is 1. The van der Waals surface area contributed by atoms with Gasteiger partial charge in [-0.3, -0.25) is 0 Å². The van der Waals surface area contributed by atoms with Gasteiger partial charge in [0.05, 0.1) is 0 Å². The first-order valence-corrected chi connectivity index (χ1v) is 4.36. The van der Waals surface area contributed by atoms with Crippen LogP contribution < -0.4 is 10.8 Å². The number of likely N-dealkylation sites (N-methyl/N-ethyl adjacent to an activating group) is 1. The van der Waals surface area contributed by atoms with Gasteiger partial charge in [-0.15, -0.1) is 0 Å². The maximum atomic E-state index is 4.13. The van der Waals surface area contributed by atoms with Crippen LogP contribution in [0.3, 0.4) is 0 Å². The minimum atomic E-state index is 0.701. The summed E-state index contributed by atoms with van der Waals surface area (Å²) < 4.78 is 0. The Hall–Kier alpha value is -1.10. The molecular weight excluding hydrogens is 163 g/mol. The van der Waals surface area contributed by atoms with Gasteiger partial charge in [0.2, 0.25) is 5.95 Å². The van der Waals surface area contributed by atoms with Crippen LogP contribution in [0.4, 0.5) is 5.95 Å². The van der Waals surface area contributed by atoms with Crippen molar-refractivity contribution in [2.24, 2.45) is 0 Å². The fraction of sp³-hybridized carbons (Fsp3) is 0.500. The Morgan fingerprint density at radius 1 is 1.38 bits per heavy atom. The fourth-order valence-corrected chi connectivity index (χ4v) is 0.875. The van der Waals surface area contributed by atoms with Crippen LogP contribution in [0.2, 0.25) is 0 Å². The highest BCUT2D eigenvalue weighted by Gasteiger charge is 1.94. The summed E-state index contributed by atoms with van der Waals surface area (Å²) in [5.41, 5.74) is 1.08. The fourth-order valence-electron chi connectivity index (χ4n) is 0.875. The zero-order chi connectivity index (χ0) is 9.68. The smallest absolute Gasteiger partial charge is 0.222 e. The Morgan fingerprint density at radius 3 is 2.54 bits per heavy atom. The molecule has 0 bridgehead atoms. The molecule has 0 radical (unpaired) electrons. The van der Waals surface area contributed by atoms with Crippen LogP contribution in [0, 0.1) is 0 Å². The molecule has 1 N–H and O–H groups in total. The van der Waals surface area contributed by atoms with E-state index >= 15 is 0 Å². The lowest BCUT2D eigenvalue weighted by Crippen LogP contribution is -2.21. The number of nitrogens with zero attached hydrogens (tertiary/aromatic N) is 3. The summed E-state index contributed by atoms with van der Waals surface area (Å²) in [6.07, 6.45) is 3.62. The quantitative estimate of drug-likeness (QED) is 0.582. The lowest BCUT2D eigenvalue weighted by Gasteiger charge is -2.09. The molecule has 0 saturated carbocycles. The van der Waals surface area contributed by atoms with Crippen LogP contribution in [0.5, 0.6) is 0 Å². The first kappa shape index (κ1) is 9.99. The van der Waals surface area contributed by atoms with Crippen molar-refractivity contribution in [2.45, 2.75) is 0 Å². The van der Waals surface area contributed by atoms with Crippen molar-refractivity contribution in [3.8, 4) is 0 Å². The lowest BCUT2D eigenvalue weighted by molar-refractivity contribution is 0.425. The van der Waals surface area contributed by atoms with Gasteiger partial charge >= 0.3 is 0 Å². The molecule has 0 unspecified atom stereocenters. The van der Waals surface area contributed by atoms with E-state index in [0.29, 0.717) is 5.95 Å². The van der Waals surface area contributed by atoms with Gasteiger partial charge < -0.3 is 10.2 Å². The Balaban J connectivity index is 2.33. The van der Waals surface area contributed by atoms with Gasteiger partial charge in [0.1, 0.15) is 7.85 Å². The Bertz CT molecular complexity index is 247. The zero-order valence-electron chi connectivity index (χ0n) is 8.41. The molecule has 5 heteroatoms. The highest BCUT2D eigenvalue weighted by molar-refractivity contribution is 6.31. The number of nitrogens with one attached hydrogen (secondary N) is 1. The molecule has 4 nitrogen and oxygen atoms in total. The third kappa shape index (κ3) is 3.89. The molecule has 1 heterocycles. The minimum absolute atomic E-state index is 0.701. The molecule has 0 amide bonds. The monoisotopic (exact) mass is 178 g/mol. The molecular formula is C8H15BN4. The van der Waals surface area contributed by atoms with Gasteiger partial charge in [0.15, 0.2) is 0 Å². The van der Waals surface area contributed by atoms with Crippen molar-refractivity contribution in [3.63, 3.8) is 0 Å². The second kappa shape index (κ2) is 4.82. The van der Waals surface area contributed by atoms with E-state index in [-0.39, 0.29) is 0 Å². The largest absolute Gasteiger partial charge is 0.353 e. The molecule has 1 aromatic heterocycles. The molecule has 0 fully saturated rings. The summed E-state index contributed by atoms with van der Waals surface area (Å²) in [4.78, 5) is 10.4. The van der Waals surface area contributed by atoms with Gasteiger partial charge in [-0.1, -0.05) is 5.46 Å². The average molecular weight is 178 g/mol. The summed E-state index contributed by atoms with van der Waals surface area (Å²) in [6.45, 7) is 1.85. The van der Waals surface area contributed by atoms with E-state index in [4.69, 9.17) is 0 Å². The molecule has 70 valence electrons. The van der Waals surface area contributed by atoms with Gasteiger partial charge in [-0.25, -0.2) is 9.97 Å². The molecule has 0 aliphatic carbocycles. The van der Waals surface area contributed by atoms with E-state index < -0.39 is 0 Å². The standard InChI is InChI=1S/C8H15BN4/c1-13(2)4-3-10-8-11-5-7(9)6-12-8/h5-6H,3-4,9H2,1-2H3,(H,10,11,12). The molecule has 0 aromatic carbocycles. The molecule has 0 aliphatic rings. The summed E-state index contributed by atoms with van der Waals surface area (Å²) in [5.74, 6) is 0.701. The second-order valence-corrected chi connectivity index (χ2v) is 3.31. The maximum Gasteiger partial charge on any atom is 0.222 e. The first-order chi connectivity index (χ1) is 6.18. The predicted molar refractivity (Wildman–Crippen MR) is 57.3 cm³/mol. The van der Waals surface area contributed by atoms with E-state index in [2.05, 4.69) is 20.2 Å². The number of anilines is 1. The van der Waals surface area contributed by atoms with E-state index in [0.717, 1.165) is 18.6 Å². The highest BCUT2D eigenvalue weighted by Crippen LogP contribution is 1.90. The van der Waals surface area contributed by atoms with Crippen LogP contribution in [0.25, 0.3) is 0 Å². The molecule has 1 aromatic rings. The van der Waals surface area contributed by atoms with Crippen molar-refractivity contribution < 1.29 is 0 Å². The SMILES string of the molecule is Bc1cnc(NCCN(C)C)nc1. The maximum absolute atomic E-state index is 4.13. The van der Waals surface area contributed by atoms with Gasteiger partial charge in [0, 0.05) is 25.5 Å². The second-order valence-electron chi connectivity index (χ2n) is 3.31. The highest BCUT2D eigenvalue weighted by atomic mass is 15.1. The Labute approximate surface area is 79.8 Å². The minimum Gasteiger partial charge on any atom is -0.353 e. The molecule has 0 saturated heterocycles. The van der Waals surface area contributed by atoms with Gasteiger partial charge in [-0.2, -0.15) is 0 Å². The first-order valence-electron chi connectivity index (χ1n) is 4.36. The van der Waals surface area contributed by atoms with E-state index in [1.807, 2.05) is 34.3 Å². The topological polar surface area (TPSA) is 41.1 Å². The van der Waals surface area contributed by atoms with Crippen molar-refractivity contribution in [1.82, 2.24) is 14.9 Å². The van der Waals surface area contributed by atoms with Crippen molar-refractivity contribution in [2.75, 3.05) is 32.5 Å². The van der Waals surface area contributed by atoms with Gasteiger partial charge in [0.25, 0.3) is 0 Å². The number of rotatable bonds is 4. The molecule has 1 rings (SSSR count). The number of hydrogen-bond acceptors (Lipinski definition) is 4. The van der Waals surface area contributed by atoms with E-state index in [1.165, 1.54) is 0 Å². The summed E-state index contributed by atoms with van der Waals surface area (Å²) >= 11 is 0. The third-order valence-electron chi connectivity index (χ3n) is 1.62. The van der Waals surface area contributed by atoms with Crippen LogP contribution in [-0.4, -0.2) is 49.9 Å². The zero-order valence-corrected chi connectivity index (χ0v) is 8.41. The molecule has 0 spiro atoms. The molecule has 13 heavy (non-hydrogen) atoms. The van der Waals surface area contributed by atoms with Crippen molar-refractivity contribution >= 4 is 19.3 Å². The molecule has 0 atom stereocenters.